The highest BCUT2D eigenvalue weighted by Crippen LogP contribution is 2.19. The van der Waals surface area contributed by atoms with Crippen molar-refractivity contribution in [3.63, 3.8) is 0 Å². The Kier molecular flexibility index (Phi) is 8.16. The average molecular weight is 460 g/mol. The Labute approximate surface area is 192 Å². The minimum absolute atomic E-state index is 0.0218. The van der Waals surface area contributed by atoms with E-state index >= 15 is 0 Å². The van der Waals surface area contributed by atoms with Crippen molar-refractivity contribution in [1.82, 2.24) is 18.7 Å². The first-order valence-electron chi connectivity index (χ1n) is 11.2. The number of aliphatic hydroxyl groups is 1. The van der Waals surface area contributed by atoms with E-state index in [0.717, 1.165) is 30.3 Å². The molecule has 0 fully saturated rings. The summed E-state index contributed by atoms with van der Waals surface area (Å²) < 4.78 is 14.9. The van der Waals surface area contributed by atoms with Gasteiger partial charge in [0.15, 0.2) is 11.2 Å². The summed E-state index contributed by atoms with van der Waals surface area (Å²) in [6.45, 7) is 2.93. The number of nitrogens with one attached hydrogen (secondary N) is 1. The maximum Gasteiger partial charge on any atom is 0.332 e. The lowest BCUT2D eigenvalue weighted by Crippen LogP contribution is -2.38. The number of benzene rings is 1. The molecule has 0 saturated carbocycles. The fourth-order valence-electron chi connectivity index (χ4n) is 3.64. The summed E-state index contributed by atoms with van der Waals surface area (Å²) in [5.74, 6) is 1.75. The van der Waals surface area contributed by atoms with Gasteiger partial charge in [0.05, 0.1) is 13.7 Å². The smallest absolute Gasteiger partial charge is 0.332 e. The number of anilines is 1. The zero-order valence-electron chi connectivity index (χ0n) is 19.7. The molecule has 3 aromatic rings. The van der Waals surface area contributed by atoms with Gasteiger partial charge in [-0.15, -0.1) is 0 Å². The van der Waals surface area contributed by atoms with E-state index in [-0.39, 0.29) is 24.3 Å². The highest BCUT2D eigenvalue weighted by atomic mass is 16.5. The van der Waals surface area contributed by atoms with E-state index in [1.165, 1.54) is 11.6 Å². The van der Waals surface area contributed by atoms with Crippen molar-refractivity contribution in [2.75, 3.05) is 25.6 Å². The summed E-state index contributed by atoms with van der Waals surface area (Å²) in [6, 6.07) is 7.06. The summed E-state index contributed by atoms with van der Waals surface area (Å²) in [4.78, 5) is 29.8. The molecule has 10 heteroatoms. The van der Waals surface area contributed by atoms with Crippen LogP contribution in [0, 0.1) is 0 Å². The van der Waals surface area contributed by atoms with Crippen molar-refractivity contribution in [1.29, 1.82) is 0 Å². The number of nitrogens with zero attached hydrogens (tertiary/aromatic N) is 4. The molecule has 180 valence electrons. The zero-order valence-corrected chi connectivity index (χ0v) is 19.7. The number of hydrogen-bond acceptors (Lipinski definition) is 7. The molecule has 0 saturated heterocycles. The molecule has 0 amide bonds. The van der Waals surface area contributed by atoms with E-state index in [1.54, 1.807) is 43.0 Å². The first-order valence-corrected chi connectivity index (χ1v) is 11.2. The molecule has 0 spiro atoms. The molecule has 0 aliphatic heterocycles. The first kappa shape index (κ1) is 24.4. The maximum atomic E-state index is 12.9. The fourth-order valence-corrected chi connectivity index (χ4v) is 3.64. The van der Waals surface area contributed by atoms with Crippen molar-refractivity contribution < 1.29 is 14.6 Å². The third-order valence-corrected chi connectivity index (χ3v) is 5.56. The number of hydrogen-bond donors (Lipinski definition) is 2. The normalized spacial score (nSPS) is 12.2. The number of fused-ring (bicyclic) bond motifs is 1. The van der Waals surface area contributed by atoms with Crippen LogP contribution >= 0.6 is 0 Å². The average Bonchev–Trinajstić information content (AvgIpc) is 3.18. The topological polar surface area (TPSA) is 113 Å². The SMILES string of the molecule is CCCCCCNc1nc2c(c(=O)n(C)c(=O)n2C)n1CC(O)COc1ccc(OC)cc1. The third-order valence-electron chi connectivity index (χ3n) is 5.56. The van der Waals surface area contributed by atoms with Crippen LogP contribution in [0.3, 0.4) is 0 Å². The zero-order chi connectivity index (χ0) is 24.0. The Hall–Kier alpha value is -3.27. The number of ether oxygens (including phenoxy) is 2. The quantitative estimate of drug-likeness (QED) is 0.398. The molecule has 1 aromatic carbocycles. The highest BCUT2D eigenvalue weighted by molar-refractivity contribution is 5.74. The summed E-state index contributed by atoms with van der Waals surface area (Å²) in [5, 5.41) is 14.0. The Balaban J connectivity index is 1.83. The number of methoxy groups -OCH3 is 1. The van der Waals surface area contributed by atoms with Crippen LogP contribution in [0.25, 0.3) is 11.2 Å². The number of aryl methyl sites for hydroxylation is 1. The van der Waals surface area contributed by atoms with Crippen LogP contribution in [0.5, 0.6) is 11.5 Å². The maximum absolute atomic E-state index is 12.9. The van der Waals surface area contributed by atoms with E-state index in [1.807, 2.05) is 0 Å². The predicted octanol–water partition coefficient (Wildman–Crippen LogP) is 1.87. The standard InChI is InChI=1S/C23H33N5O5/c1-5-6-7-8-13-24-22-25-20-19(21(30)27(3)23(31)26(20)2)28(22)14-16(29)15-33-18-11-9-17(32-4)10-12-18/h9-12,16,29H,5-8,13-15H2,1-4H3,(H,24,25). The molecule has 0 radical (unpaired) electrons. The molecule has 2 N–H and O–H groups in total. The first-order chi connectivity index (χ1) is 15.9. The number of aromatic nitrogens is 4. The van der Waals surface area contributed by atoms with Crippen LogP contribution in [0.1, 0.15) is 32.6 Å². The molecule has 2 heterocycles. The van der Waals surface area contributed by atoms with Gasteiger partial charge < -0.3 is 24.5 Å². The van der Waals surface area contributed by atoms with E-state index < -0.39 is 17.4 Å². The van der Waals surface area contributed by atoms with E-state index in [9.17, 15) is 14.7 Å². The van der Waals surface area contributed by atoms with Crippen molar-refractivity contribution in [3.05, 3.63) is 45.1 Å². The second-order valence-electron chi connectivity index (χ2n) is 8.05. The van der Waals surface area contributed by atoms with Crippen molar-refractivity contribution in [2.24, 2.45) is 14.1 Å². The van der Waals surface area contributed by atoms with Gasteiger partial charge in [-0.25, -0.2) is 4.79 Å². The van der Waals surface area contributed by atoms with Crippen LogP contribution < -0.4 is 26.0 Å². The second kappa shape index (κ2) is 11.0. The van der Waals surface area contributed by atoms with Gasteiger partial charge in [-0.05, 0) is 30.7 Å². The summed E-state index contributed by atoms with van der Waals surface area (Å²) in [6.07, 6.45) is 3.41. The van der Waals surface area contributed by atoms with Gasteiger partial charge in [-0.1, -0.05) is 26.2 Å². The van der Waals surface area contributed by atoms with Crippen molar-refractivity contribution in [2.45, 2.75) is 45.3 Å². The summed E-state index contributed by atoms with van der Waals surface area (Å²) in [7, 11) is 4.60. The molecule has 0 bridgehead atoms. The third kappa shape index (κ3) is 5.57. The summed E-state index contributed by atoms with van der Waals surface area (Å²) >= 11 is 0. The van der Waals surface area contributed by atoms with Gasteiger partial charge in [0.1, 0.15) is 24.2 Å². The Bertz CT molecular complexity index is 1180. The highest BCUT2D eigenvalue weighted by Gasteiger charge is 2.21. The largest absolute Gasteiger partial charge is 0.497 e. The lowest BCUT2D eigenvalue weighted by molar-refractivity contribution is 0.0938. The van der Waals surface area contributed by atoms with Gasteiger partial charge in [0, 0.05) is 20.6 Å². The molecule has 3 rings (SSSR count). The molecule has 1 atom stereocenters. The van der Waals surface area contributed by atoms with E-state index in [2.05, 4.69) is 17.2 Å². The van der Waals surface area contributed by atoms with Gasteiger partial charge in [-0.2, -0.15) is 4.98 Å². The van der Waals surface area contributed by atoms with Gasteiger partial charge in [0.25, 0.3) is 5.56 Å². The number of rotatable bonds is 12. The van der Waals surface area contributed by atoms with Crippen molar-refractivity contribution in [3.8, 4) is 11.5 Å². The molecule has 0 aliphatic rings. The molecule has 2 aromatic heterocycles. The van der Waals surface area contributed by atoms with E-state index in [4.69, 9.17) is 9.47 Å². The van der Waals surface area contributed by atoms with Gasteiger partial charge in [0.2, 0.25) is 5.95 Å². The molecular formula is C23H33N5O5. The Morgan fingerprint density at radius 2 is 1.76 bits per heavy atom. The lowest BCUT2D eigenvalue weighted by atomic mass is 10.2. The van der Waals surface area contributed by atoms with Crippen molar-refractivity contribution >= 4 is 17.1 Å². The monoisotopic (exact) mass is 459 g/mol. The molecular weight excluding hydrogens is 426 g/mol. The molecule has 10 nitrogen and oxygen atoms in total. The van der Waals surface area contributed by atoms with Crippen LogP contribution in [0.15, 0.2) is 33.9 Å². The van der Waals surface area contributed by atoms with Crippen LogP contribution in [-0.4, -0.2) is 50.2 Å². The fraction of sp³-hybridized carbons (Fsp3) is 0.522. The van der Waals surface area contributed by atoms with Gasteiger partial charge in [-0.3, -0.25) is 13.9 Å². The van der Waals surface area contributed by atoms with Crippen LogP contribution in [-0.2, 0) is 20.6 Å². The minimum Gasteiger partial charge on any atom is -0.497 e. The number of imidazole rings is 1. The van der Waals surface area contributed by atoms with Gasteiger partial charge >= 0.3 is 5.69 Å². The Morgan fingerprint density at radius 3 is 2.42 bits per heavy atom. The van der Waals surface area contributed by atoms with E-state index in [0.29, 0.717) is 24.0 Å². The molecule has 1 unspecified atom stereocenters. The second-order valence-corrected chi connectivity index (χ2v) is 8.05. The lowest BCUT2D eigenvalue weighted by Gasteiger charge is -2.16. The number of unbranched alkanes of at least 4 members (excludes halogenated alkanes) is 3. The summed E-state index contributed by atoms with van der Waals surface area (Å²) in [5.41, 5.74) is -0.362. The molecule has 33 heavy (non-hydrogen) atoms. The van der Waals surface area contributed by atoms with Crippen LogP contribution in [0.2, 0.25) is 0 Å². The predicted molar refractivity (Wildman–Crippen MR) is 127 cm³/mol. The number of aliphatic hydroxyl groups excluding tert-OH is 1. The minimum atomic E-state index is -0.910. The van der Waals surface area contributed by atoms with Crippen LogP contribution in [0.4, 0.5) is 5.95 Å². The molecule has 0 aliphatic carbocycles. The Morgan fingerprint density at radius 1 is 1.06 bits per heavy atom.